The highest BCUT2D eigenvalue weighted by Crippen LogP contribution is 2.78. The van der Waals surface area contributed by atoms with E-state index in [2.05, 4.69) is 109 Å². The van der Waals surface area contributed by atoms with Crippen LogP contribution in [0.15, 0.2) is 109 Å². The highest BCUT2D eigenvalue weighted by atomic mass is 16.5. The van der Waals surface area contributed by atoms with Gasteiger partial charge in [-0.2, -0.15) is 0 Å². The van der Waals surface area contributed by atoms with Gasteiger partial charge in [0.05, 0.1) is 0 Å². The van der Waals surface area contributed by atoms with Crippen molar-refractivity contribution in [3.05, 3.63) is 143 Å². The molecule has 1 unspecified atom stereocenters. The Labute approximate surface area is 170 Å². The third-order valence-electron chi connectivity index (χ3n) is 7.33. The van der Waals surface area contributed by atoms with E-state index >= 15 is 0 Å². The van der Waals surface area contributed by atoms with Crippen molar-refractivity contribution in [2.24, 2.45) is 0 Å². The van der Waals surface area contributed by atoms with Crippen LogP contribution >= 0.6 is 0 Å². The van der Waals surface area contributed by atoms with Gasteiger partial charge in [-0.3, -0.25) is 0 Å². The minimum Gasteiger partial charge on any atom is -0.348 e. The first-order chi connectivity index (χ1) is 14.4. The summed E-state index contributed by atoms with van der Waals surface area (Å²) in [5, 5.41) is 0. The molecule has 2 bridgehead atoms. The van der Waals surface area contributed by atoms with Crippen molar-refractivity contribution in [2.75, 3.05) is 0 Å². The Morgan fingerprint density at radius 1 is 0.448 bits per heavy atom. The molecule has 1 saturated heterocycles. The van der Waals surface area contributed by atoms with Gasteiger partial charge < -0.3 is 4.74 Å². The van der Waals surface area contributed by atoms with Gasteiger partial charge in [0.15, 0.2) is 0 Å². The van der Waals surface area contributed by atoms with Crippen molar-refractivity contribution >= 4 is 0 Å². The van der Waals surface area contributed by atoms with Crippen molar-refractivity contribution in [3.8, 4) is 0 Å². The molecule has 2 heterocycles. The maximum absolute atomic E-state index is 7.36. The fraction of sp³-hybridized carbons (Fsp3) is 0.143. The summed E-state index contributed by atoms with van der Waals surface area (Å²) in [4.78, 5) is 0. The number of benzene rings is 4. The zero-order valence-corrected chi connectivity index (χ0v) is 16.0. The van der Waals surface area contributed by atoms with Crippen LogP contribution in [0.5, 0.6) is 0 Å². The fourth-order valence-corrected chi connectivity index (χ4v) is 6.36. The van der Waals surface area contributed by atoms with Crippen molar-refractivity contribution in [1.29, 1.82) is 0 Å². The van der Waals surface area contributed by atoms with Crippen LogP contribution in [0.3, 0.4) is 0 Å². The lowest BCUT2D eigenvalue weighted by molar-refractivity contribution is -0.0452. The first kappa shape index (κ1) is 15.7. The summed E-state index contributed by atoms with van der Waals surface area (Å²) in [6.45, 7) is 0. The van der Waals surface area contributed by atoms with E-state index in [0.29, 0.717) is 11.8 Å². The molecule has 7 rings (SSSR count). The quantitative estimate of drug-likeness (QED) is 0.413. The maximum atomic E-state index is 7.36. The minimum absolute atomic E-state index is 0.330. The average Bonchev–Trinajstić information content (AvgIpc) is 3.24. The summed E-state index contributed by atoms with van der Waals surface area (Å²) < 4.78 is 7.36. The van der Waals surface area contributed by atoms with Crippen molar-refractivity contribution in [1.82, 2.24) is 0 Å². The van der Waals surface area contributed by atoms with Gasteiger partial charge in [0.25, 0.3) is 0 Å². The Balaban J connectivity index is 1.62. The molecule has 0 amide bonds. The predicted octanol–water partition coefficient (Wildman–Crippen LogP) is 6.10. The summed E-state index contributed by atoms with van der Waals surface area (Å²) in [6, 6.07) is 39.5. The van der Waals surface area contributed by atoms with E-state index in [0.717, 1.165) is 0 Å². The van der Waals surface area contributed by atoms with Crippen LogP contribution in [0, 0.1) is 0 Å². The molecule has 4 aromatic carbocycles. The normalized spacial score (nSPS) is 30.2. The molecule has 0 N–H and O–H groups in total. The largest absolute Gasteiger partial charge is 0.348 e. The first-order valence-corrected chi connectivity index (χ1v) is 10.4. The zero-order chi connectivity index (χ0) is 19.1. The van der Waals surface area contributed by atoms with Crippen LogP contribution in [-0.2, 0) is 15.9 Å². The van der Waals surface area contributed by atoms with Crippen LogP contribution < -0.4 is 0 Å². The van der Waals surface area contributed by atoms with Crippen LogP contribution in [0.2, 0.25) is 0 Å². The Morgan fingerprint density at radius 2 is 0.828 bits per heavy atom. The molecule has 1 aliphatic carbocycles. The predicted molar refractivity (Wildman–Crippen MR) is 114 cm³/mol. The Morgan fingerprint density at radius 3 is 1.28 bits per heavy atom. The highest BCUT2D eigenvalue weighted by Gasteiger charge is 2.75. The van der Waals surface area contributed by atoms with Gasteiger partial charge in [-0.05, 0) is 33.4 Å². The fourth-order valence-electron chi connectivity index (χ4n) is 6.36. The molecule has 0 aromatic heterocycles. The van der Waals surface area contributed by atoms with Gasteiger partial charge in [0, 0.05) is 11.8 Å². The van der Waals surface area contributed by atoms with Crippen molar-refractivity contribution in [2.45, 2.75) is 23.0 Å². The van der Waals surface area contributed by atoms with Crippen LogP contribution in [-0.4, -0.2) is 0 Å². The lowest BCUT2D eigenvalue weighted by atomic mass is 9.50. The molecule has 0 spiro atoms. The third kappa shape index (κ3) is 1.64. The second-order valence-corrected chi connectivity index (χ2v) is 8.44. The number of hydrogen-bond donors (Lipinski definition) is 0. The Hall–Kier alpha value is -3.16. The van der Waals surface area contributed by atoms with Crippen molar-refractivity contribution in [3.63, 3.8) is 0 Å². The average molecular weight is 372 g/mol. The van der Waals surface area contributed by atoms with E-state index < -0.39 is 11.2 Å². The van der Waals surface area contributed by atoms with E-state index in [1.165, 1.54) is 33.4 Å². The number of ether oxygens (including phenoxy) is 1. The molecule has 4 atom stereocenters. The third-order valence-corrected chi connectivity index (χ3v) is 7.33. The molecule has 1 nitrogen and oxygen atoms in total. The van der Waals surface area contributed by atoms with E-state index in [-0.39, 0.29) is 0 Å². The van der Waals surface area contributed by atoms with Gasteiger partial charge in [-0.1, -0.05) is 109 Å². The monoisotopic (exact) mass is 372 g/mol. The second kappa shape index (κ2) is 5.25. The molecule has 1 fully saturated rings. The summed E-state index contributed by atoms with van der Waals surface area (Å²) in [7, 11) is 0. The molecular weight excluding hydrogens is 352 g/mol. The van der Waals surface area contributed by atoms with Gasteiger partial charge in [0.1, 0.15) is 11.2 Å². The summed E-state index contributed by atoms with van der Waals surface area (Å²) in [5.74, 6) is 0.660. The summed E-state index contributed by atoms with van der Waals surface area (Å²) >= 11 is 0. The van der Waals surface area contributed by atoms with Gasteiger partial charge in [-0.25, -0.2) is 0 Å². The molecular formula is C28H20O. The second-order valence-electron chi connectivity index (χ2n) is 8.44. The molecule has 4 aromatic rings. The van der Waals surface area contributed by atoms with Gasteiger partial charge in [0.2, 0.25) is 0 Å². The summed E-state index contributed by atoms with van der Waals surface area (Å²) in [6.07, 6.45) is 0. The zero-order valence-electron chi connectivity index (χ0n) is 16.0. The van der Waals surface area contributed by atoms with Gasteiger partial charge in [-0.15, -0.1) is 0 Å². The number of fused-ring (bicyclic) bond motifs is 11. The Bertz CT molecular complexity index is 1150. The van der Waals surface area contributed by atoms with E-state index in [1.807, 2.05) is 0 Å². The van der Waals surface area contributed by atoms with Gasteiger partial charge >= 0.3 is 0 Å². The first-order valence-electron chi connectivity index (χ1n) is 10.4. The van der Waals surface area contributed by atoms with Crippen LogP contribution in [0.4, 0.5) is 0 Å². The standard InChI is InChI=1S/C28H20O/c1-3-11-19(12-4-1)27-23-17-9-10-18-24(23)28(29-27,20-13-5-2-6-14-20)26-22-16-8-7-15-21(22)25(26)27/h1-18,25-26H/t25-,26?,27+,28-/m0/s1. The van der Waals surface area contributed by atoms with Crippen molar-refractivity contribution < 1.29 is 4.74 Å². The molecule has 1 heteroatoms. The van der Waals surface area contributed by atoms with E-state index in [9.17, 15) is 0 Å². The Kier molecular flexibility index (Phi) is 2.85. The van der Waals surface area contributed by atoms with E-state index in [1.54, 1.807) is 0 Å². The van der Waals surface area contributed by atoms with E-state index in [4.69, 9.17) is 4.74 Å². The SMILES string of the molecule is c1ccc([C@]23O[C@](c4ccccc4)(c4ccccc42)[C@H]2c4ccccc4C23)cc1. The highest BCUT2D eigenvalue weighted by molar-refractivity contribution is 5.68. The molecule has 138 valence electrons. The minimum atomic E-state index is -0.438. The van der Waals surface area contributed by atoms with Crippen LogP contribution in [0.1, 0.15) is 45.2 Å². The molecule has 3 aliphatic rings. The molecule has 2 aliphatic heterocycles. The van der Waals surface area contributed by atoms with Crippen LogP contribution in [0.25, 0.3) is 0 Å². The lowest BCUT2D eigenvalue weighted by Gasteiger charge is -2.49. The summed E-state index contributed by atoms with van der Waals surface area (Å²) in [5.41, 5.74) is 7.16. The molecule has 29 heavy (non-hydrogen) atoms. The number of rotatable bonds is 2. The molecule has 0 radical (unpaired) electrons. The maximum Gasteiger partial charge on any atom is 0.128 e. The number of hydrogen-bond acceptors (Lipinski definition) is 1. The lowest BCUT2D eigenvalue weighted by Crippen LogP contribution is -2.44. The smallest absolute Gasteiger partial charge is 0.128 e. The topological polar surface area (TPSA) is 9.23 Å². The molecule has 0 saturated carbocycles.